The topological polar surface area (TPSA) is 27.0 Å². The number of fused-ring (bicyclic) bond motifs is 1. The van der Waals surface area contributed by atoms with Gasteiger partial charge in [0, 0.05) is 13.1 Å². The molecule has 0 radical (unpaired) electrons. The average Bonchev–Trinajstić information content (AvgIpc) is 3.09. The molecule has 1 saturated carbocycles. The van der Waals surface area contributed by atoms with Crippen molar-refractivity contribution in [3.05, 3.63) is 34.9 Å². The van der Waals surface area contributed by atoms with E-state index in [1.807, 2.05) is 0 Å². The molecule has 1 aliphatic heterocycles. The fraction of sp³-hybridized carbons (Fsp3) is 0.500. The molecule has 2 aliphatic rings. The van der Waals surface area contributed by atoms with Crippen molar-refractivity contribution in [2.45, 2.75) is 31.2 Å². The fourth-order valence-corrected chi connectivity index (χ4v) is 2.73. The van der Waals surface area contributed by atoms with Crippen molar-refractivity contribution in [1.82, 2.24) is 4.90 Å². The summed E-state index contributed by atoms with van der Waals surface area (Å²) >= 11 is 0. The molecule has 0 spiro atoms. The molecular formula is C14H16N2. The van der Waals surface area contributed by atoms with Crippen LogP contribution in [0.1, 0.15) is 29.5 Å². The van der Waals surface area contributed by atoms with Crippen molar-refractivity contribution in [3.63, 3.8) is 0 Å². The molecule has 0 N–H and O–H groups in total. The Kier molecular flexibility index (Phi) is 2.05. The Hall–Kier alpha value is -1.33. The number of hydrogen-bond donors (Lipinski definition) is 0. The van der Waals surface area contributed by atoms with Crippen LogP contribution in [0.3, 0.4) is 0 Å². The van der Waals surface area contributed by atoms with E-state index >= 15 is 0 Å². The lowest BCUT2D eigenvalue weighted by atomic mass is 9.87. The second-order valence-electron chi connectivity index (χ2n) is 5.12. The smallest absolute Gasteiger partial charge is 0.0827 e. The van der Waals surface area contributed by atoms with E-state index in [4.69, 9.17) is 0 Å². The maximum absolute atomic E-state index is 9.31. The summed E-state index contributed by atoms with van der Waals surface area (Å²) in [6.45, 7) is 2.14. The first-order valence-electron chi connectivity index (χ1n) is 5.96. The van der Waals surface area contributed by atoms with Crippen LogP contribution in [0.25, 0.3) is 0 Å². The summed E-state index contributed by atoms with van der Waals surface area (Å²) in [5.41, 5.74) is 4.05. The third-order valence-corrected chi connectivity index (χ3v) is 3.94. The summed E-state index contributed by atoms with van der Waals surface area (Å²) < 4.78 is 0. The van der Waals surface area contributed by atoms with E-state index in [1.165, 1.54) is 16.7 Å². The summed E-state index contributed by atoms with van der Waals surface area (Å²) in [7, 11) is 2.16. The van der Waals surface area contributed by atoms with E-state index in [1.54, 1.807) is 0 Å². The van der Waals surface area contributed by atoms with Gasteiger partial charge in [-0.15, -0.1) is 0 Å². The van der Waals surface area contributed by atoms with Crippen LogP contribution in [0.15, 0.2) is 18.2 Å². The van der Waals surface area contributed by atoms with Crippen LogP contribution in [0.2, 0.25) is 0 Å². The third kappa shape index (κ3) is 1.36. The molecule has 1 fully saturated rings. The first-order valence-corrected chi connectivity index (χ1v) is 5.96. The molecular weight excluding hydrogens is 196 g/mol. The van der Waals surface area contributed by atoms with Crippen LogP contribution in [-0.4, -0.2) is 18.5 Å². The Labute approximate surface area is 96.5 Å². The second kappa shape index (κ2) is 3.33. The molecule has 16 heavy (non-hydrogen) atoms. The lowest BCUT2D eigenvalue weighted by Crippen LogP contribution is -2.28. The molecule has 2 nitrogen and oxygen atoms in total. The van der Waals surface area contributed by atoms with Crippen molar-refractivity contribution in [2.24, 2.45) is 0 Å². The highest BCUT2D eigenvalue weighted by Gasteiger charge is 2.46. The van der Waals surface area contributed by atoms with Crippen molar-refractivity contribution < 1.29 is 0 Å². The quantitative estimate of drug-likeness (QED) is 0.713. The molecule has 2 heteroatoms. The fourth-order valence-electron chi connectivity index (χ4n) is 2.73. The first-order chi connectivity index (χ1) is 7.75. The van der Waals surface area contributed by atoms with Gasteiger partial charge in [0.1, 0.15) is 0 Å². The molecule has 0 saturated heterocycles. The molecule has 0 aromatic heterocycles. The highest BCUT2D eigenvalue weighted by Crippen LogP contribution is 2.49. The molecule has 1 aliphatic carbocycles. The van der Waals surface area contributed by atoms with Gasteiger partial charge in [-0.2, -0.15) is 5.26 Å². The lowest BCUT2D eigenvalue weighted by molar-refractivity contribution is 0.311. The minimum Gasteiger partial charge on any atom is -0.302 e. The van der Waals surface area contributed by atoms with E-state index in [9.17, 15) is 5.26 Å². The lowest BCUT2D eigenvalue weighted by Gasteiger charge is -2.28. The van der Waals surface area contributed by atoms with E-state index in [0.717, 1.165) is 32.4 Å². The zero-order valence-corrected chi connectivity index (χ0v) is 9.66. The first kappa shape index (κ1) is 9.86. The maximum atomic E-state index is 9.31. The van der Waals surface area contributed by atoms with Crippen molar-refractivity contribution in [1.29, 1.82) is 5.26 Å². The van der Waals surface area contributed by atoms with E-state index in [2.05, 4.69) is 36.2 Å². The highest BCUT2D eigenvalue weighted by atomic mass is 15.1. The van der Waals surface area contributed by atoms with Gasteiger partial charge in [0.05, 0.1) is 11.5 Å². The second-order valence-corrected chi connectivity index (χ2v) is 5.12. The van der Waals surface area contributed by atoms with Crippen LogP contribution in [0.4, 0.5) is 0 Å². The molecule has 3 rings (SSSR count). The van der Waals surface area contributed by atoms with Crippen molar-refractivity contribution in [2.75, 3.05) is 13.6 Å². The standard InChI is InChI=1S/C14H16N2/c1-16-8-5-11-3-2-4-13(12(11)9-16)14(10-15)6-7-14/h2-4H,5-9H2,1H3. The van der Waals surface area contributed by atoms with Gasteiger partial charge in [-0.1, -0.05) is 18.2 Å². The van der Waals surface area contributed by atoms with Gasteiger partial charge in [-0.25, -0.2) is 0 Å². The minimum atomic E-state index is -0.135. The van der Waals surface area contributed by atoms with Crippen molar-refractivity contribution in [3.8, 4) is 6.07 Å². The monoisotopic (exact) mass is 212 g/mol. The van der Waals surface area contributed by atoms with Gasteiger partial charge in [0.15, 0.2) is 0 Å². The number of rotatable bonds is 1. The Morgan fingerprint density at radius 1 is 1.38 bits per heavy atom. The summed E-state index contributed by atoms with van der Waals surface area (Å²) in [4.78, 5) is 2.35. The van der Waals surface area contributed by atoms with Crippen molar-refractivity contribution >= 4 is 0 Å². The predicted octanol–water partition coefficient (Wildman–Crippen LogP) is 2.23. The van der Waals surface area contributed by atoms with Gasteiger partial charge >= 0.3 is 0 Å². The molecule has 1 heterocycles. The highest BCUT2D eigenvalue weighted by molar-refractivity contribution is 5.48. The van der Waals surface area contributed by atoms with E-state index in [0.29, 0.717) is 0 Å². The van der Waals surface area contributed by atoms with Crippen LogP contribution in [-0.2, 0) is 18.4 Å². The Morgan fingerprint density at radius 3 is 2.88 bits per heavy atom. The van der Waals surface area contributed by atoms with Gasteiger partial charge in [0.25, 0.3) is 0 Å². The number of nitriles is 1. The largest absolute Gasteiger partial charge is 0.302 e. The normalized spacial score (nSPS) is 22.2. The Balaban J connectivity index is 2.10. The van der Waals surface area contributed by atoms with Gasteiger partial charge in [0.2, 0.25) is 0 Å². The SMILES string of the molecule is CN1CCc2cccc(C3(C#N)CC3)c2C1. The summed E-state index contributed by atoms with van der Waals surface area (Å²) in [6.07, 6.45) is 3.22. The zero-order chi connectivity index (χ0) is 11.2. The molecule has 0 unspecified atom stereocenters. The van der Waals surface area contributed by atoms with Crippen LogP contribution in [0, 0.1) is 11.3 Å². The summed E-state index contributed by atoms with van der Waals surface area (Å²) in [6, 6.07) is 9.02. The Morgan fingerprint density at radius 2 is 2.19 bits per heavy atom. The van der Waals surface area contributed by atoms with Crippen LogP contribution < -0.4 is 0 Å². The third-order valence-electron chi connectivity index (χ3n) is 3.94. The van der Waals surface area contributed by atoms with E-state index < -0.39 is 0 Å². The molecule has 1 aromatic carbocycles. The number of benzene rings is 1. The van der Waals surface area contributed by atoms with Gasteiger partial charge in [-0.3, -0.25) is 0 Å². The molecule has 1 aromatic rings. The van der Waals surface area contributed by atoms with E-state index in [-0.39, 0.29) is 5.41 Å². The molecule has 0 amide bonds. The molecule has 0 bridgehead atoms. The zero-order valence-electron chi connectivity index (χ0n) is 9.66. The Bertz CT molecular complexity index is 466. The molecule has 0 atom stereocenters. The van der Waals surface area contributed by atoms with Gasteiger partial charge < -0.3 is 4.90 Å². The van der Waals surface area contributed by atoms with Crippen LogP contribution in [0.5, 0.6) is 0 Å². The predicted molar refractivity (Wildman–Crippen MR) is 63.0 cm³/mol. The maximum Gasteiger partial charge on any atom is 0.0827 e. The minimum absolute atomic E-state index is 0.135. The van der Waals surface area contributed by atoms with Crippen LogP contribution >= 0.6 is 0 Å². The summed E-state index contributed by atoms with van der Waals surface area (Å²) in [5.74, 6) is 0. The molecule has 82 valence electrons. The average molecular weight is 212 g/mol. The summed E-state index contributed by atoms with van der Waals surface area (Å²) in [5, 5.41) is 9.31. The number of hydrogen-bond acceptors (Lipinski definition) is 2. The number of nitrogens with zero attached hydrogens (tertiary/aromatic N) is 2. The number of likely N-dealkylation sites (N-methyl/N-ethyl adjacent to an activating group) is 1. The van der Waals surface area contributed by atoms with Gasteiger partial charge in [-0.05, 0) is 43.0 Å².